The first-order valence-electron chi connectivity index (χ1n) is 6.10. The van der Waals surface area contributed by atoms with Crippen LogP contribution in [-0.4, -0.2) is 22.6 Å². The van der Waals surface area contributed by atoms with Crippen molar-refractivity contribution in [1.29, 1.82) is 0 Å². The summed E-state index contributed by atoms with van der Waals surface area (Å²) >= 11 is 6.19. The molecule has 0 aliphatic carbocycles. The van der Waals surface area contributed by atoms with Crippen LogP contribution in [0.2, 0.25) is 5.02 Å². The molecule has 0 radical (unpaired) electrons. The van der Waals surface area contributed by atoms with Crippen LogP contribution in [-0.2, 0) is 6.42 Å². The number of nitrogens with one attached hydrogen (secondary N) is 2. The Morgan fingerprint density at radius 1 is 1.47 bits per heavy atom. The van der Waals surface area contributed by atoms with E-state index >= 15 is 0 Å². The number of halogens is 1. The zero-order chi connectivity index (χ0) is 11.8. The Hall–Kier alpha value is -1.06. The lowest BCUT2D eigenvalue weighted by molar-refractivity contribution is 0.589. The van der Waals surface area contributed by atoms with Gasteiger partial charge in [-0.2, -0.15) is 0 Å². The van der Waals surface area contributed by atoms with E-state index in [0.717, 1.165) is 40.4 Å². The molecule has 0 spiro atoms. The van der Waals surface area contributed by atoms with Crippen molar-refractivity contribution in [3.8, 4) is 0 Å². The molecular weight excluding hydrogens is 234 g/mol. The van der Waals surface area contributed by atoms with Crippen molar-refractivity contribution in [2.75, 3.05) is 6.54 Å². The highest BCUT2D eigenvalue weighted by Crippen LogP contribution is 2.24. The Balaban J connectivity index is 1.93. The molecule has 1 aromatic heterocycles. The summed E-state index contributed by atoms with van der Waals surface area (Å²) in [5.74, 6) is 1.03. The third kappa shape index (κ3) is 2.17. The second-order valence-electron chi connectivity index (χ2n) is 4.82. The Morgan fingerprint density at radius 3 is 3.12 bits per heavy atom. The third-order valence-electron chi connectivity index (χ3n) is 3.34. The molecule has 2 aromatic rings. The number of aromatic nitrogens is 2. The molecule has 0 bridgehead atoms. The number of hydrogen-bond acceptors (Lipinski definition) is 2. The minimum Gasteiger partial charge on any atom is -0.342 e. The largest absolute Gasteiger partial charge is 0.342 e. The van der Waals surface area contributed by atoms with Crippen LogP contribution in [0.4, 0.5) is 0 Å². The molecule has 3 rings (SSSR count). The van der Waals surface area contributed by atoms with E-state index in [4.69, 9.17) is 11.6 Å². The normalized spacial score (nSPS) is 20.2. The average Bonchev–Trinajstić information content (AvgIpc) is 2.87. The van der Waals surface area contributed by atoms with Crippen LogP contribution in [0, 0.1) is 6.92 Å². The molecule has 4 heteroatoms. The summed E-state index contributed by atoms with van der Waals surface area (Å²) in [4.78, 5) is 7.96. The van der Waals surface area contributed by atoms with E-state index in [9.17, 15) is 0 Å². The zero-order valence-electron chi connectivity index (χ0n) is 9.89. The summed E-state index contributed by atoms with van der Waals surface area (Å²) in [6.07, 6.45) is 3.47. The van der Waals surface area contributed by atoms with Gasteiger partial charge in [-0.1, -0.05) is 11.6 Å². The van der Waals surface area contributed by atoms with Gasteiger partial charge in [0.2, 0.25) is 0 Å². The molecule has 1 unspecified atom stereocenters. The number of H-pyrrole nitrogens is 1. The summed E-state index contributed by atoms with van der Waals surface area (Å²) in [5, 5.41) is 4.22. The monoisotopic (exact) mass is 249 g/mol. The van der Waals surface area contributed by atoms with E-state index in [-0.39, 0.29) is 0 Å². The first-order valence-corrected chi connectivity index (χ1v) is 6.48. The van der Waals surface area contributed by atoms with Gasteiger partial charge in [-0.15, -0.1) is 0 Å². The molecule has 0 amide bonds. The predicted octanol–water partition coefficient (Wildman–Crippen LogP) is 2.82. The fraction of sp³-hybridized carbons (Fsp3) is 0.462. The van der Waals surface area contributed by atoms with Crippen molar-refractivity contribution in [1.82, 2.24) is 15.3 Å². The van der Waals surface area contributed by atoms with E-state index in [1.807, 2.05) is 13.0 Å². The van der Waals surface area contributed by atoms with E-state index in [2.05, 4.69) is 21.4 Å². The van der Waals surface area contributed by atoms with E-state index in [1.165, 1.54) is 12.8 Å². The first kappa shape index (κ1) is 11.1. The highest BCUT2D eigenvalue weighted by atomic mass is 35.5. The van der Waals surface area contributed by atoms with Gasteiger partial charge in [0, 0.05) is 12.5 Å². The smallest absolute Gasteiger partial charge is 0.108 e. The number of nitrogens with zero attached hydrogens (tertiary/aromatic N) is 1. The number of hydrogen-bond donors (Lipinski definition) is 2. The Morgan fingerprint density at radius 2 is 2.35 bits per heavy atom. The average molecular weight is 250 g/mol. The van der Waals surface area contributed by atoms with Gasteiger partial charge < -0.3 is 10.3 Å². The van der Waals surface area contributed by atoms with Gasteiger partial charge in [-0.25, -0.2) is 4.98 Å². The lowest BCUT2D eigenvalue weighted by Gasteiger charge is -2.06. The molecule has 1 aromatic carbocycles. The van der Waals surface area contributed by atoms with Crippen molar-refractivity contribution >= 4 is 22.6 Å². The number of fused-ring (bicyclic) bond motifs is 1. The molecule has 1 atom stereocenters. The van der Waals surface area contributed by atoms with Crippen molar-refractivity contribution in [3.05, 3.63) is 28.5 Å². The zero-order valence-corrected chi connectivity index (χ0v) is 10.6. The standard InChI is InChI=1S/C13H16ClN3/c1-8-5-10(14)13-11(6-8)16-12(17-13)7-9-3-2-4-15-9/h5-6,9,15H,2-4,7H2,1H3,(H,16,17). The SMILES string of the molecule is Cc1cc(Cl)c2nc(CC3CCCN3)[nH]c2c1. The molecule has 0 saturated carbocycles. The number of benzene rings is 1. The summed E-state index contributed by atoms with van der Waals surface area (Å²) in [6, 6.07) is 4.62. The van der Waals surface area contributed by atoms with Gasteiger partial charge in [-0.3, -0.25) is 0 Å². The van der Waals surface area contributed by atoms with Crippen molar-refractivity contribution in [2.24, 2.45) is 0 Å². The van der Waals surface area contributed by atoms with Gasteiger partial charge >= 0.3 is 0 Å². The summed E-state index contributed by atoms with van der Waals surface area (Å²) in [5.41, 5.74) is 3.10. The maximum absolute atomic E-state index is 6.19. The van der Waals surface area contributed by atoms with Crippen LogP contribution in [0.3, 0.4) is 0 Å². The second-order valence-corrected chi connectivity index (χ2v) is 5.23. The fourth-order valence-electron chi connectivity index (χ4n) is 2.52. The molecule has 1 aliphatic rings. The maximum Gasteiger partial charge on any atom is 0.108 e. The van der Waals surface area contributed by atoms with E-state index in [1.54, 1.807) is 0 Å². The van der Waals surface area contributed by atoms with Gasteiger partial charge in [0.1, 0.15) is 11.3 Å². The van der Waals surface area contributed by atoms with Crippen molar-refractivity contribution < 1.29 is 0 Å². The number of imidazole rings is 1. The third-order valence-corrected chi connectivity index (χ3v) is 3.62. The van der Waals surface area contributed by atoms with Gasteiger partial charge in [-0.05, 0) is 44.0 Å². The molecule has 2 heterocycles. The van der Waals surface area contributed by atoms with Gasteiger partial charge in [0.15, 0.2) is 0 Å². The Kier molecular flexibility index (Phi) is 2.81. The lowest BCUT2D eigenvalue weighted by atomic mass is 10.1. The quantitative estimate of drug-likeness (QED) is 0.859. The van der Waals surface area contributed by atoms with E-state index in [0.29, 0.717) is 6.04 Å². The summed E-state index contributed by atoms with van der Waals surface area (Å²) in [6.45, 7) is 3.18. The van der Waals surface area contributed by atoms with E-state index < -0.39 is 0 Å². The molecule has 90 valence electrons. The molecule has 2 N–H and O–H groups in total. The molecular formula is C13H16ClN3. The highest BCUT2D eigenvalue weighted by Gasteiger charge is 2.16. The van der Waals surface area contributed by atoms with Gasteiger partial charge in [0.25, 0.3) is 0 Å². The highest BCUT2D eigenvalue weighted by molar-refractivity contribution is 6.35. The van der Waals surface area contributed by atoms with Crippen LogP contribution >= 0.6 is 11.6 Å². The number of aromatic amines is 1. The Bertz CT molecular complexity index is 541. The molecule has 1 fully saturated rings. The van der Waals surface area contributed by atoms with Crippen LogP contribution in [0.25, 0.3) is 11.0 Å². The minimum atomic E-state index is 0.565. The van der Waals surface area contributed by atoms with Crippen molar-refractivity contribution in [3.63, 3.8) is 0 Å². The second kappa shape index (κ2) is 4.31. The molecule has 1 aliphatic heterocycles. The molecule has 3 nitrogen and oxygen atoms in total. The first-order chi connectivity index (χ1) is 8.22. The molecule has 17 heavy (non-hydrogen) atoms. The van der Waals surface area contributed by atoms with Crippen LogP contribution < -0.4 is 5.32 Å². The topological polar surface area (TPSA) is 40.7 Å². The van der Waals surface area contributed by atoms with Crippen molar-refractivity contribution in [2.45, 2.75) is 32.2 Å². The summed E-state index contributed by atoms with van der Waals surface area (Å²) < 4.78 is 0. The van der Waals surface area contributed by atoms with Crippen LogP contribution in [0.5, 0.6) is 0 Å². The fourth-order valence-corrected chi connectivity index (χ4v) is 2.84. The van der Waals surface area contributed by atoms with Gasteiger partial charge in [0.05, 0.1) is 10.5 Å². The predicted molar refractivity (Wildman–Crippen MR) is 70.6 cm³/mol. The molecule has 1 saturated heterocycles. The number of aryl methyl sites for hydroxylation is 1. The summed E-state index contributed by atoms with van der Waals surface area (Å²) in [7, 11) is 0. The van der Waals surface area contributed by atoms with Crippen LogP contribution in [0.15, 0.2) is 12.1 Å². The maximum atomic E-state index is 6.19. The van der Waals surface area contributed by atoms with Crippen LogP contribution in [0.1, 0.15) is 24.2 Å². The minimum absolute atomic E-state index is 0.565. The number of rotatable bonds is 2. The lowest BCUT2D eigenvalue weighted by Crippen LogP contribution is -2.24. The Labute approximate surface area is 106 Å².